The van der Waals surface area contributed by atoms with Crippen molar-refractivity contribution in [3.8, 4) is 0 Å². The third-order valence-electron chi connectivity index (χ3n) is 6.41. The van der Waals surface area contributed by atoms with Gasteiger partial charge in [-0.2, -0.15) is 0 Å². The normalized spacial score (nSPS) is 19.0. The summed E-state index contributed by atoms with van der Waals surface area (Å²) in [4.78, 5) is 17.4. The number of rotatable bonds is 6. The van der Waals surface area contributed by atoms with Crippen molar-refractivity contribution in [2.75, 3.05) is 26.2 Å². The van der Waals surface area contributed by atoms with Crippen LogP contribution in [0, 0.1) is 0 Å². The highest BCUT2D eigenvalue weighted by molar-refractivity contribution is 5.81. The van der Waals surface area contributed by atoms with E-state index in [0.29, 0.717) is 0 Å². The van der Waals surface area contributed by atoms with Gasteiger partial charge >= 0.3 is 0 Å². The molecule has 154 valence electrons. The molecule has 2 aliphatic rings. The molecule has 29 heavy (non-hydrogen) atoms. The number of ether oxygens (including phenoxy) is 1. The van der Waals surface area contributed by atoms with E-state index >= 15 is 0 Å². The number of carbonyl (C=O) groups is 1. The molecule has 0 N–H and O–H groups in total. The molecule has 1 saturated heterocycles. The number of benzene rings is 2. The van der Waals surface area contributed by atoms with Gasteiger partial charge in [-0.05, 0) is 49.3 Å². The van der Waals surface area contributed by atoms with Crippen molar-refractivity contribution in [3.63, 3.8) is 0 Å². The molecule has 0 radical (unpaired) electrons. The van der Waals surface area contributed by atoms with Gasteiger partial charge in [0.05, 0.1) is 18.8 Å². The quantitative estimate of drug-likeness (QED) is 0.752. The van der Waals surface area contributed by atoms with Gasteiger partial charge in [0.1, 0.15) is 0 Å². The van der Waals surface area contributed by atoms with E-state index in [1.165, 1.54) is 16.7 Å². The van der Waals surface area contributed by atoms with Crippen molar-refractivity contribution in [1.29, 1.82) is 0 Å². The maximum absolute atomic E-state index is 13.1. The molecular weight excluding hydrogens is 360 g/mol. The Morgan fingerprint density at radius 3 is 2.45 bits per heavy atom. The fraction of sp³-hybridized carbons (Fsp3) is 0.480. The van der Waals surface area contributed by atoms with E-state index in [0.717, 1.165) is 58.5 Å². The van der Waals surface area contributed by atoms with Crippen molar-refractivity contribution in [3.05, 3.63) is 71.3 Å². The highest BCUT2D eigenvalue weighted by Crippen LogP contribution is 2.22. The Balaban J connectivity index is 1.22. The van der Waals surface area contributed by atoms with Crippen LogP contribution in [0.3, 0.4) is 0 Å². The van der Waals surface area contributed by atoms with Crippen LogP contribution in [-0.4, -0.2) is 54.1 Å². The molecule has 2 aromatic rings. The zero-order valence-corrected chi connectivity index (χ0v) is 17.4. The lowest BCUT2D eigenvalue weighted by molar-refractivity contribution is -0.139. The molecule has 1 unspecified atom stereocenters. The first-order chi connectivity index (χ1) is 14.2. The van der Waals surface area contributed by atoms with Crippen LogP contribution in [-0.2, 0) is 28.9 Å². The maximum atomic E-state index is 13.1. The van der Waals surface area contributed by atoms with Crippen molar-refractivity contribution in [2.24, 2.45) is 0 Å². The Hall–Kier alpha value is -2.17. The Morgan fingerprint density at radius 1 is 1.00 bits per heavy atom. The molecule has 1 fully saturated rings. The summed E-state index contributed by atoms with van der Waals surface area (Å²) in [5, 5.41) is 0. The van der Waals surface area contributed by atoms with Gasteiger partial charge in [-0.1, -0.05) is 54.6 Å². The van der Waals surface area contributed by atoms with Crippen LogP contribution in [0.4, 0.5) is 0 Å². The summed E-state index contributed by atoms with van der Waals surface area (Å²) in [5.41, 5.74) is 4.11. The van der Waals surface area contributed by atoms with Crippen LogP contribution >= 0.6 is 0 Å². The molecule has 0 spiro atoms. The molecule has 0 aromatic heterocycles. The molecule has 0 saturated carbocycles. The predicted molar refractivity (Wildman–Crippen MR) is 116 cm³/mol. The first kappa shape index (κ1) is 20.1. The van der Waals surface area contributed by atoms with Crippen molar-refractivity contribution >= 4 is 5.91 Å². The predicted octanol–water partition coefficient (Wildman–Crippen LogP) is 3.68. The van der Waals surface area contributed by atoms with Crippen LogP contribution in [0.2, 0.25) is 0 Å². The van der Waals surface area contributed by atoms with Gasteiger partial charge in [0.25, 0.3) is 0 Å². The average molecular weight is 393 g/mol. The van der Waals surface area contributed by atoms with E-state index in [1.54, 1.807) is 0 Å². The van der Waals surface area contributed by atoms with Crippen LogP contribution in [0.5, 0.6) is 0 Å². The summed E-state index contributed by atoms with van der Waals surface area (Å²) in [7, 11) is 0. The Morgan fingerprint density at radius 2 is 1.69 bits per heavy atom. The zero-order chi connectivity index (χ0) is 20.1. The number of hydrogen-bond acceptors (Lipinski definition) is 3. The van der Waals surface area contributed by atoms with Gasteiger partial charge in [-0.15, -0.1) is 0 Å². The van der Waals surface area contributed by atoms with Crippen LogP contribution in [0.25, 0.3) is 0 Å². The van der Waals surface area contributed by atoms with Gasteiger partial charge in [0.15, 0.2) is 0 Å². The second-order valence-corrected chi connectivity index (χ2v) is 8.30. The first-order valence-electron chi connectivity index (χ1n) is 11.0. The topological polar surface area (TPSA) is 32.8 Å². The van der Waals surface area contributed by atoms with E-state index in [2.05, 4.69) is 60.4 Å². The van der Waals surface area contributed by atoms with Crippen molar-refractivity contribution < 1.29 is 9.53 Å². The molecule has 4 rings (SSSR count). The lowest BCUT2D eigenvalue weighted by Crippen LogP contribution is -2.51. The van der Waals surface area contributed by atoms with Crippen molar-refractivity contribution in [2.45, 2.75) is 51.3 Å². The summed E-state index contributed by atoms with van der Waals surface area (Å²) < 4.78 is 6.08. The highest BCUT2D eigenvalue weighted by atomic mass is 16.5. The highest BCUT2D eigenvalue weighted by Gasteiger charge is 2.30. The number of hydrogen-bond donors (Lipinski definition) is 0. The Labute approximate surface area is 174 Å². The number of fused-ring (bicyclic) bond motifs is 1. The van der Waals surface area contributed by atoms with E-state index in [1.807, 2.05) is 11.0 Å². The summed E-state index contributed by atoms with van der Waals surface area (Å²) in [6.45, 7) is 6.28. The second kappa shape index (κ2) is 9.55. The molecular formula is C25H32N2O2. The van der Waals surface area contributed by atoms with E-state index in [4.69, 9.17) is 4.74 Å². The largest absolute Gasteiger partial charge is 0.378 e. The summed E-state index contributed by atoms with van der Waals surface area (Å²) in [6, 6.07) is 19.0. The molecule has 0 aliphatic carbocycles. The molecule has 2 aromatic carbocycles. The molecule has 4 heteroatoms. The fourth-order valence-electron chi connectivity index (χ4n) is 4.50. The maximum Gasteiger partial charge on any atom is 0.239 e. The third kappa shape index (κ3) is 5.06. The molecule has 1 atom stereocenters. The summed E-state index contributed by atoms with van der Waals surface area (Å²) >= 11 is 0. The Bertz CT molecular complexity index is 799. The van der Waals surface area contributed by atoms with Gasteiger partial charge in [-0.3, -0.25) is 9.69 Å². The SMILES string of the molecule is CC(C(=O)N1CCC(OCCc2ccccc2)CC1)N1CCc2ccccc2C1. The van der Waals surface area contributed by atoms with Crippen LogP contribution in [0.15, 0.2) is 54.6 Å². The number of likely N-dealkylation sites (tertiary alicyclic amines) is 1. The van der Waals surface area contributed by atoms with Crippen molar-refractivity contribution in [1.82, 2.24) is 9.80 Å². The first-order valence-corrected chi connectivity index (χ1v) is 11.0. The minimum atomic E-state index is -0.0566. The van der Waals surface area contributed by atoms with Gasteiger partial charge < -0.3 is 9.64 Å². The van der Waals surface area contributed by atoms with Gasteiger partial charge in [0, 0.05) is 26.2 Å². The number of carbonyl (C=O) groups excluding carboxylic acids is 1. The van der Waals surface area contributed by atoms with E-state index in [9.17, 15) is 4.79 Å². The zero-order valence-electron chi connectivity index (χ0n) is 17.4. The smallest absolute Gasteiger partial charge is 0.239 e. The molecule has 0 bridgehead atoms. The number of amides is 1. The standard InChI is InChI=1S/C25H32N2O2/c1-20(27-15-11-22-9-5-6-10-23(22)19-27)25(28)26-16-12-24(13-17-26)29-18-14-21-7-3-2-4-8-21/h2-10,20,24H,11-19H2,1H3. The minimum absolute atomic E-state index is 0.0566. The molecule has 1 amide bonds. The summed E-state index contributed by atoms with van der Waals surface area (Å²) in [6.07, 6.45) is 4.14. The fourth-order valence-corrected chi connectivity index (χ4v) is 4.50. The van der Waals surface area contributed by atoms with E-state index < -0.39 is 0 Å². The monoisotopic (exact) mass is 392 g/mol. The van der Waals surface area contributed by atoms with Gasteiger partial charge in [-0.25, -0.2) is 0 Å². The van der Waals surface area contributed by atoms with E-state index in [-0.39, 0.29) is 18.1 Å². The molecule has 2 aliphatic heterocycles. The Kier molecular flexibility index (Phi) is 6.63. The van der Waals surface area contributed by atoms with Crippen LogP contribution < -0.4 is 0 Å². The second-order valence-electron chi connectivity index (χ2n) is 8.30. The lowest BCUT2D eigenvalue weighted by Gasteiger charge is -2.38. The average Bonchev–Trinajstić information content (AvgIpc) is 2.79. The van der Waals surface area contributed by atoms with Crippen LogP contribution in [0.1, 0.15) is 36.5 Å². The molecule has 4 nitrogen and oxygen atoms in total. The molecule has 2 heterocycles. The summed E-state index contributed by atoms with van der Waals surface area (Å²) in [5.74, 6) is 0.270. The third-order valence-corrected chi connectivity index (χ3v) is 6.41. The lowest BCUT2D eigenvalue weighted by atomic mass is 9.98. The minimum Gasteiger partial charge on any atom is -0.378 e. The number of nitrogens with zero attached hydrogens (tertiary/aromatic N) is 2. The van der Waals surface area contributed by atoms with Gasteiger partial charge in [0.2, 0.25) is 5.91 Å². The number of piperidine rings is 1.